The molecule has 0 fully saturated rings. The Morgan fingerprint density at radius 3 is 2.93 bits per heavy atom. The Balaban J connectivity index is 2.22. The van der Waals surface area contributed by atoms with Gasteiger partial charge in [0.1, 0.15) is 0 Å². The third kappa shape index (κ3) is 2.19. The van der Waals surface area contributed by atoms with E-state index >= 15 is 0 Å². The molecule has 0 aliphatic heterocycles. The molecule has 0 atom stereocenters. The molecule has 1 aromatic carbocycles. The van der Waals surface area contributed by atoms with Crippen LogP contribution in [0.1, 0.15) is 23.1 Å². The Morgan fingerprint density at radius 1 is 1.33 bits per heavy atom. The Morgan fingerprint density at radius 2 is 2.13 bits per heavy atom. The first-order valence-corrected chi connectivity index (χ1v) is 5.01. The van der Waals surface area contributed by atoms with Gasteiger partial charge in [-0.05, 0) is 42.5 Å². The molecule has 2 nitrogen and oxygen atoms in total. The van der Waals surface area contributed by atoms with Crippen LogP contribution >= 0.6 is 0 Å². The average molecular weight is 200 g/mol. The highest BCUT2D eigenvalue weighted by Gasteiger charge is 2.09. The molecular formula is C13H12O2. The van der Waals surface area contributed by atoms with Crippen molar-refractivity contribution in [3.05, 3.63) is 34.9 Å². The molecule has 0 aromatic heterocycles. The number of rotatable bonds is 0. The van der Waals surface area contributed by atoms with E-state index in [1.807, 2.05) is 6.07 Å². The van der Waals surface area contributed by atoms with E-state index in [1.54, 1.807) is 0 Å². The van der Waals surface area contributed by atoms with Crippen LogP contribution in [0.2, 0.25) is 0 Å². The van der Waals surface area contributed by atoms with Gasteiger partial charge in [-0.25, -0.2) is 4.79 Å². The van der Waals surface area contributed by atoms with Crippen LogP contribution in [0, 0.1) is 11.8 Å². The summed E-state index contributed by atoms with van der Waals surface area (Å²) in [6.45, 7) is 0. The molecule has 0 unspecified atom stereocenters. The van der Waals surface area contributed by atoms with Crippen LogP contribution in [0.15, 0.2) is 18.2 Å². The van der Waals surface area contributed by atoms with Crippen molar-refractivity contribution in [2.75, 3.05) is 7.11 Å². The zero-order chi connectivity index (χ0) is 10.7. The first-order valence-electron chi connectivity index (χ1n) is 5.01. The molecule has 0 heterocycles. The number of aryl methyl sites for hydroxylation is 2. The molecule has 1 aliphatic carbocycles. The summed E-state index contributed by atoms with van der Waals surface area (Å²) in [6.07, 6.45) is 3.52. The molecule has 0 amide bonds. The first kappa shape index (κ1) is 9.79. The van der Waals surface area contributed by atoms with Gasteiger partial charge in [0.25, 0.3) is 0 Å². The lowest BCUT2D eigenvalue weighted by molar-refractivity contribution is -0.133. The third-order valence-corrected chi connectivity index (χ3v) is 2.59. The van der Waals surface area contributed by atoms with E-state index in [-0.39, 0.29) is 0 Å². The molecule has 2 heteroatoms. The van der Waals surface area contributed by atoms with E-state index in [0.717, 1.165) is 12.0 Å². The molecule has 0 bridgehead atoms. The maximum absolute atomic E-state index is 10.8. The summed E-state index contributed by atoms with van der Waals surface area (Å²) in [4.78, 5) is 10.8. The van der Waals surface area contributed by atoms with Crippen molar-refractivity contribution in [2.24, 2.45) is 0 Å². The molecule has 0 N–H and O–H groups in total. The molecule has 1 aliphatic rings. The third-order valence-electron chi connectivity index (χ3n) is 2.59. The summed E-state index contributed by atoms with van der Waals surface area (Å²) in [5.74, 6) is 4.74. The van der Waals surface area contributed by atoms with Crippen molar-refractivity contribution in [3.8, 4) is 11.8 Å². The number of carbonyl (C=O) groups is 1. The molecule has 1 aromatic rings. The van der Waals surface area contributed by atoms with Crippen LogP contribution in [0.3, 0.4) is 0 Å². The number of hydrogen-bond acceptors (Lipinski definition) is 2. The van der Waals surface area contributed by atoms with Gasteiger partial charge in [0, 0.05) is 11.5 Å². The summed E-state index contributed by atoms with van der Waals surface area (Å²) in [6, 6.07) is 6.13. The van der Waals surface area contributed by atoms with Gasteiger partial charge in [-0.1, -0.05) is 12.0 Å². The predicted octanol–water partition coefficient (Wildman–Crippen LogP) is 1.70. The lowest BCUT2D eigenvalue weighted by Gasteiger charge is -1.98. The van der Waals surface area contributed by atoms with Crippen molar-refractivity contribution in [3.63, 3.8) is 0 Å². The maximum Gasteiger partial charge on any atom is 0.384 e. The van der Waals surface area contributed by atoms with E-state index in [9.17, 15) is 4.79 Å². The second-order valence-corrected chi connectivity index (χ2v) is 3.58. The van der Waals surface area contributed by atoms with Crippen LogP contribution in [0.25, 0.3) is 0 Å². The molecule has 2 rings (SSSR count). The molecular weight excluding hydrogens is 188 g/mol. The van der Waals surface area contributed by atoms with Crippen LogP contribution in [-0.4, -0.2) is 13.1 Å². The van der Waals surface area contributed by atoms with Crippen LogP contribution in [0.5, 0.6) is 0 Å². The van der Waals surface area contributed by atoms with Gasteiger partial charge >= 0.3 is 5.97 Å². The number of esters is 1. The minimum Gasteiger partial charge on any atom is -0.459 e. The van der Waals surface area contributed by atoms with Crippen molar-refractivity contribution >= 4 is 5.97 Å². The van der Waals surface area contributed by atoms with Gasteiger partial charge in [-0.15, -0.1) is 0 Å². The van der Waals surface area contributed by atoms with Crippen molar-refractivity contribution < 1.29 is 9.53 Å². The minimum absolute atomic E-state index is 0.490. The number of ether oxygens (including phenoxy) is 1. The Hall–Kier alpha value is -1.75. The second kappa shape index (κ2) is 4.18. The average Bonchev–Trinajstić information content (AvgIpc) is 2.72. The molecule has 0 spiro atoms. The highest BCUT2D eigenvalue weighted by molar-refractivity contribution is 5.89. The van der Waals surface area contributed by atoms with Gasteiger partial charge in [0.15, 0.2) is 0 Å². The summed E-state index contributed by atoms with van der Waals surface area (Å²) in [5.41, 5.74) is 3.67. The first-order chi connectivity index (χ1) is 7.29. The van der Waals surface area contributed by atoms with Gasteiger partial charge in [0.2, 0.25) is 0 Å². The number of fused-ring (bicyclic) bond motifs is 1. The van der Waals surface area contributed by atoms with E-state index in [1.165, 1.54) is 31.1 Å². The molecule has 15 heavy (non-hydrogen) atoms. The van der Waals surface area contributed by atoms with E-state index in [0.29, 0.717) is 0 Å². The summed E-state index contributed by atoms with van der Waals surface area (Å²) in [7, 11) is 1.33. The van der Waals surface area contributed by atoms with Crippen molar-refractivity contribution in [1.82, 2.24) is 0 Å². The molecule has 76 valence electrons. The fraction of sp³-hybridized carbons (Fsp3) is 0.308. The van der Waals surface area contributed by atoms with Crippen molar-refractivity contribution in [2.45, 2.75) is 19.3 Å². The Bertz CT molecular complexity index is 449. The Labute approximate surface area is 89.3 Å². The van der Waals surface area contributed by atoms with Crippen molar-refractivity contribution in [1.29, 1.82) is 0 Å². The smallest absolute Gasteiger partial charge is 0.384 e. The lowest BCUT2D eigenvalue weighted by Crippen LogP contribution is -1.94. The fourth-order valence-electron chi connectivity index (χ4n) is 1.82. The predicted molar refractivity (Wildman–Crippen MR) is 57.4 cm³/mol. The van der Waals surface area contributed by atoms with Gasteiger partial charge in [-0.3, -0.25) is 0 Å². The highest BCUT2D eigenvalue weighted by Crippen LogP contribution is 2.22. The lowest BCUT2D eigenvalue weighted by atomic mass is 10.1. The largest absolute Gasteiger partial charge is 0.459 e. The van der Waals surface area contributed by atoms with Crippen LogP contribution < -0.4 is 0 Å². The van der Waals surface area contributed by atoms with Crippen LogP contribution in [0.4, 0.5) is 0 Å². The van der Waals surface area contributed by atoms with E-state index in [4.69, 9.17) is 0 Å². The topological polar surface area (TPSA) is 26.3 Å². The Kier molecular flexibility index (Phi) is 2.73. The zero-order valence-corrected chi connectivity index (χ0v) is 8.67. The summed E-state index contributed by atoms with van der Waals surface area (Å²) >= 11 is 0. The van der Waals surface area contributed by atoms with E-state index in [2.05, 4.69) is 28.7 Å². The van der Waals surface area contributed by atoms with Crippen LogP contribution in [-0.2, 0) is 22.4 Å². The minimum atomic E-state index is -0.490. The van der Waals surface area contributed by atoms with Gasteiger partial charge < -0.3 is 4.74 Å². The number of methoxy groups -OCH3 is 1. The summed E-state index contributed by atoms with van der Waals surface area (Å²) < 4.78 is 4.45. The SMILES string of the molecule is COC(=O)C#Cc1ccc2c(c1)CCC2. The standard InChI is InChI=1S/C13H12O2/c1-15-13(14)8-6-10-5-7-11-3-2-4-12(11)9-10/h5,7,9H,2-4H2,1H3. The van der Waals surface area contributed by atoms with Gasteiger partial charge in [-0.2, -0.15) is 0 Å². The number of carbonyl (C=O) groups excluding carboxylic acids is 1. The second-order valence-electron chi connectivity index (χ2n) is 3.58. The maximum atomic E-state index is 10.8. The fourth-order valence-corrected chi connectivity index (χ4v) is 1.82. The summed E-state index contributed by atoms with van der Waals surface area (Å²) in [5, 5.41) is 0. The number of hydrogen-bond donors (Lipinski definition) is 0. The molecule has 0 radical (unpaired) electrons. The molecule has 0 saturated heterocycles. The monoisotopic (exact) mass is 200 g/mol. The van der Waals surface area contributed by atoms with Gasteiger partial charge in [0.05, 0.1) is 7.11 Å². The molecule has 0 saturated carbocycles. The normalized spacial score (nSPS) is 12.6. The highest BCUT2D eigenvalue weighted by atomic mass is 16.5. The zero-order valence-electron chi connectivity index (χ0n) is 8.67. The van der Waals surface area contributed by atoms with E-state index < -0.39 is 5.97 Å². The quantitative estimate of drug-likeness (QED) is 0.470. The number of benzene rings is 1.